The van der Waals surface area contributed by atoms with Gasteiger partial charge in [-0.15, -0.1) is 0 Å². The summed E-state index contributed by atoms with van der Waals surface area (Å²) in [6, 6.07) is 10.3. The fourth-order valence-electron chi connectivity index (χ4n) is 2.24. The number of aromatic nitrogens is 1. The lowest BCUT2D eigenvalue weighted by molar-refractivity contribution is 0.413. The lowest BCUT2D eigenvalue weighted by Crippen LogP contribution is -2.16. The Morgan fingerprint density at radius 1 is 1.25 bits per heavy atom. The van der Waals surface area contributed by atoms with Gasteiger partial charge in [-0.25, -0.2) is 0 Å². The minimum absolute atomic E-state index is 0.593. The smallest absolute Gasteiger partial charge is 0.0710 e. The molecule has 0 amide bonds. The fourth-order valence-corrected chi connectivity index (χ4v) is 2.24. The summed E-state index contributed by atoms with van der Waals surface area (Å²) < 4.78 is 0. The van der Waals surface area contributed by atoms with Crippen molar-refractivity contribution in [2.75, 3.05) is 5.43 Å². The molecule has 1 aliphatic rings. The van der Waals surface area contributed by atoms with Crippen LogP contribution in [0.4, 0.5) is 5.69 Å². The number of hydrazine groups is 1. The quantitative estimate of drug-likeness (QED) is 0.595. The van der Waals surface area contributed by atoms with Crippen molar-refractivity contribution in [1.82, 2.24) is 4.98 Å². The topological polar surface area (TPSA) is 50.9 Å². The Bertz CT molecular complexity index is 518. The van der Waals surface area contributed by atoms with E-state index < -0.39 is 0 Å². The number of hydrogen-bond donors (Lipinski definition) is 2. The van der Waals surface area contributed by atoms with Gasteiger partial charge < -0.3 is 5.43 Å². The van der Waals surface area contributed by atoms with E-state index in [1.807, 2.05) is 12.1 Å². The van der Waals surface area contributed by atoms with Crippen molar-refractivity contribution in [3.63, 3.8) is 0 Å². The first-order valence-electron chi connectivity index (χ1n) is 5.75. The molecule has 3 N–H and O–H groups in total. The van der Waals surface area contributed by atoms with E-state index in [1.54, 1.807) is 0 Å². The third kappa shape index (κ3) is 1.44. The summed E-state index contributed by atoms with van der Waals surface area (Å²) in [5, 5.41) is 1.14. The fraction of sp³-hybridized carbons (Fsp3) is 0.308. The van der Waals surface area contributed by atoms with Crippen LogP contribution in [0.3, 0.4) is 0 Å². The van der Waals surface area contributed by atoms with Crippen molar-refractivity contribution in [1.29, 1.82) is 0 Å². The van der Waals surface area contributed by atoms with Gasteiger partial charge in [-0.2, -0.15) is 0 Å². The molecule has 16 heavy (non-hydrogen) atoms. The monoisotopic (exact) mass is 213 g/mol. The van der Waals surface area contributed by atoms with Crippen LogP contribution < -0.4 is 11.3 Å². The van der Waals surface area contributed by atoms with Crippen LogP contribution in [0.1, 0.15) is 30.9 Å². The van der Waals surface area contributed by atoms with Gasteiger partial charge in [-0.1, -0.05) is 24.6 Å². The van der Waals surface area contributed by atoms with E-state index in [0.717, 1.165) is 22.3 Å². The minimum Gasteiger partial charge on any atom is -0.322 e. The number of nitrogens with one attached hydrogen (secondary N) is 1. The molecule has 1 fully saturated rings. The normalized spacial score (nSPS) is 16.1. The lowest BCUT2D eigenvalue weighted by atomic mass is 9.82. The highest BCUT2D eigenvalue weighted by Crippen LogP contribution is 2.39. The second-order valence-corrected chi connectivity index (χ2v) is 4.39. The molecular weight excluding hydrogens is 198 g/mol. The number of fused-ring (bicyclic) bond motifs is 1. The minimum atomic E-state index is 0.593. The highest BCUT2D eigenvalue weighted by atomic mass is 15.2. The molecule has 1 aromatic carbocycles. The van der Waals surface area contributed by atoms with E-state index in [2.05, 4.69) is 23.6 Å². The summed E-state index contributed by atoms with van der Waals surface area (Å²) in [5.74, 6) is 6.16. The molecule has 0 aliphatic heterocycles. The second-order valence-electron chi connectivity index (χ2n) is 4.39. The Morgan fingerprint density at radius 3 is 2.75 bits per heavy atom. The predicted octanol–water partition coefficient (Wildman–Crippen LogP) is 2.79. The van der Waals surface area contributed by atoms with E-state index in [1.165, 1.54) is 19.3 Å². The Kier molecular flexibility index (Phi) is 2.26. The number of nitrogen functional groups attached to an aromatic ring is 1. The number of nitrogens with two attached hydrogens (primary N) is 1. The Balaban J connectivity index is 2.17. The molecule has 3 nitrogen and oxygen atoms in total. The van der Waals surface area contributed by atoms with Gasteiger partial charge in [0.15, 0.2) is 0 Å². The maximum Gasteiger partial charge on any atom is 0.0710 e. The zero-order valence-corrected chi connectivity index (χ0v) is 9.11. The highest BCUT2D eigenvalue weighted by molar-refractivity contribution is 5.82. The summed E-state index contributed by atoms with van der Waals surface area (Å²) in [7, 11) is 0. The molecule has 1 heterocycles. The van der Waals surface area contributed by atoms with Crippen molar-refractivity contribution in [3.05, 3.63) is 36.0 Å². The van der Waals surface area contributed by atoms with Crippen LogP contribution in [0.15, 0.2) is 30.3 Å². The predicted molar refractivity (Wildman–Crippen MR) is 66.1 cm³/mol. The molecule has 0 bridgehead atoms. The van der Waals surface area contributed by atoms with Gasteiger partial charge in [0.25, 0.3) is 0 Å². The number of benzene rings is 1. The first kappa shape index (κ1) is 9.60. The van der Waals surface area contributed by atoms with E-state index in [-0.39, 0.29) is 0 Å². The summed E-state index contributed by atoms with van der Waals surface area (Å²) in [5.41, 5.74) is 5.94. The van der Waals surface area contributed by atoms with E-state index in [9.17, 15) is 0 Å². The molecule has 0 unspecified atom stereocenters. The van der Waals surface area contributed by atoms with Crippen LogP contribution in [-0.2, 0) is 0 Å². The van der Waals surface area contributed by atoms with Crippen molar-refractivity contribution in [2.45, 2.75) is 25.2 Å². The average Bonchev–Trinajstić information content (AvgIpc) is 2.26. The number of nitrogens with zero attached hydrogens (tertiary/aromatic N) is 1. The van der Waals surface area contributed by atoms with Gasteiger partial charge in [0, 0.05) is 11.3 Å². The van der Waals surface area contributed by atoms with Crippen molar-refractivity contribution < 1.29 is 0 Å². The maximum absolute atomic E-state index is 5.57. The Morgan fingerprint density at radius 2 is 2.06 bits per heavy atom. The summed E-state index contributed by atoms with van der Waals surface area (Å²) in [6.07, 6.45) is 3.78. The van der Waals surface area contributed by atoms with Crippen LogP contribution in [0.5, 0.6) is 0 Å². The van der Waals surface area contributed by atoms with Gasteiger partial charge in [0.2, 0.25) is 0 Å². The van der Waals surface area contributed by atoms with Gasteiger partial charge in [0.05, 0.1) is 16.9 Å². The number of anilines is 1. The van der Waals surface area contributed by atoms with Gasteiger partial charge in [-0.3, -0.25) is 10.8 Å². The molecule has 0 radical (unpaired) electrons. The third-order valence-corrected chi connectivity index (χ3v) is 3.40. The van der Waals surface area contributed by atoms with Crippen LogP contribution >= 0.6 is 0 Å². The molecule has 1 aromatic heterocycles. The second kappa shape index (κ2) is 3.76. The standard InChI is InChI=1S/C13H15N3/c14-16-12-8-10-4-1-2-7-11(10)15-13(12)9-5-3-6-9/h1-2,4,7-9,16H,3,5-6,14H2. The van der Waals surface area contributed by atoms with E-state index in [0.29, 0.717) is 5.92 Å². The number of rotatable bonds is 2. The molecule has 82 valence electrons. The molecule has 2 aromatic rings. The van der Waals surface area contributed by atoms with Crippen LogP contribution in [0, 0.1) is 0 Å². The molecule has 0 spiro atoms. The summed E-state index contributed by atoms with van der Waals surface area (Å²) in [4.78, 5) is 4.73. The molecular formula is C13H15N3. The van der Waals surface area contributed by atoms with E-state index in [4.69, 9.17) is 10.8 Å². The summed E-state index contributed by atoms with van der Waals surface area (Å²) in [6.45, 7) is 0. The summed E-state index contributed by atoms with van der Waals surface area (Å²) >= 11 is 0. The Hall–Kier alpha value is -1.61. The first-order valence-corrected chi connectivity index (χ1v) is 5.75. The average molecular weight is 213 g/mol. The van der Waals surface area contributed by atoms with Crippen molar-refractivity contribution >= 4 is 16.6 Å². The number of hydrogen-bond acceptors (Lipinski definition) is 3. The zero-order valence-electron chi connectivity index (χ0n) is 9.11. The molecule has 1 aliphatic carbocycles. The van der Waals surface area contributed by atoms with Gasteiger partial charge in [0.1, 0.15) is 0 Å². The molecule has 0 saturated heterocycles. The Labute approximate surface area is 94.6 Å². The lowest BCUT2D eigenvalue weighted by Gasteiger charge is -2.26. The number of pyridine rings is 1. The first-order chi connectivity index (χ1) is 7.88. The van der Waals surface area contributed by atoms with Crippen molar-refractivity contribution in [2.24, 2.45) is 5.84 Å². The molecule has 3 rings (SSSR count). The maximum atomic E-state index is 5.57. The van der Waals surface area contributed by atoms with Crippen LogP contribution in [0.25, 0.3) is 10.9 Å². The van der Waals surface area contributed by atoms with Crippen LogP contribution in [-0.4, -0.2) is 4.98 Å². The van der Waals surface area contributed by atoms with Crippen molar-refractivity contribution in [3.8, 4) is 0 Å². The van der Waals surface area contributed by atoms with Crippen LogP contribution in [0.2, 0.25) is 0 Å². The van der Waals surface area contributed by atoms with Gasteiger partial charge in [-0.05, 0) is 25.0 Å². The largest absolute Gasteiger partial charge is 0.322 e. The molecule has 1 saturated carbocycles. The molecule has 3 heteroatoms. The third-order valence-electron chi connectivity index (χ3n) is 3.40. The number of para-hydroxylation sites is 1. The SMILES string of the molecule is NNc1cc2ccccc2nc1C1CCC1. The van der Waals surface area contributed by atoms with Gasteiger partial charge >= 0.3 is 0 Å². The van der Waals surface area contributed by atoms with E-state index >= 15 is 0 Å². The highest BCUT2D eigenvalue weighted by Gasteiger charge is 2.23. The zero-order chi connectivity index (χ0) is 11.0. The molecule has 0 atom stereocenters.